The lowest BCUT2D eigenvalue weighted by Crippen LogP contribution is -2.83. The van der Waals surface area contributed by atoms with Gasteiger partial charge in [-0.05, 0) is 5.57 Å². The summed E-state index contributed by atoms with van der Waals surface area (Å²) < 4.78 is 0.722. The number of hydrogen-bond donors (Lipinski definition) is 3. The van der Waals surface area contributed by atoms with E-state index in [-0.39, 0.29) is 5.70 Å². The van der Waals surface area contributed by atoms with Gasteiger partial charge >= 0.3 is 5.97 Å². The number of carboxylic acid groups (broad SMARTS) is 1. The molecule has 0 unspecified atom stereocenters. The van der Waals surface area contributed by atoms with Gasteiger partial charge in [-0.25, -0.2) is 4.79 Å². The molecule has 0 saturated carbocycles. The number of nitrogens with zero attached hydrogens (tertiary/aromatic N) is 3. The van der Waals surface area contributed by atoms with E-state index in [4.69, 9.17) is 5.73 Å². The Kier molecular flexibility index (Phi) is 4.31. The van der Waals surface area contributed by atoms with Crippen LogP contribution in [0.3, 0.4) is 0 Å². The number of aliphatic carboxylic acids is 1. The highest BCUT2D eigenvalue weighted by Gasteiger charge is 2.62. The van der Waals surface area contributed by atoms with Gasteiger partial charge < -0.3 is 10.4 Å². The van der Waals surface area contributed by atoms with E-state index in [1.807, 2.05) is 0 Å². The molecule has 2 aliphatic heterocycles. The Morgan fingerprint density at radius 1 is 1.70 bits per heavy atom. The monoisotopic (exact) mass is 373 g/mol. The predicted molar refractivity (Wildman–Crippen MR) is 84.5 cm³/mol. The van der Waals surface area contributed by atoms with E-state index in [2.05, 4.69) is 15.5 Å². The molecule has 0 radical (unpaired) electrons. The summed E-state index contributed by atoms with van der Waals surface area (Å²) in [7, 11) is 0. The van der Waals surface area contributed by atoms with Crippen LogP contribution in [0.15, 0.2) is 21.1 Å². The molecular weight excluding hydrogens is 362 g/mol. The van der Waals surface area contributed by atoms with Gasteiger partial charge in [0.1, 0.15) is 16.6 Å². The fraction of sp³-hybridized carbons (Fsp3) is 0.364. The summed E-state index contributed by atoms with van der Waals surface area (Å²) in [4.78, 5) is 35.6. The average Bonchev–Trinajstić information content (AvgIpc) is 3.05. The fourth-order valence-electron chi connectivity index (χ4n) is 2.36. The highest BCUT2D eigenvalue weighted by atomic mass is 32.2. The summed E-state index contributed by atoms with van der Waals surface area (Å²) in [5, 5.41) is 18.7. The minimum Gasteiger partial charge on any atom is -0.477 e. The Morgan fingerprint density at radius 2 is 2.48 bits per heavy atom. The van der Waals surface area contributed by atoms with Gasteiger partial charge in [-0.1, -0.05) is 23.1 Å². The number of amides is 2. The number of hydrogen-bond acceptors (Lipinski definition) is 9. The van der Waals surface area contributed by atoms with E-state index in [9.17, 15) is 19.5 Å². The number of carboxylic acids is 1. The van der Waals surface area contributed by atoms with Gasteiger partial charge in [-0.15, -0.1) is 22.0 Å². The second-order valence-corrected chi connectivity index (χ2v) is 7.84. The Labute approximate surface area is 142 Å². The maximum absolute atomic E-state index is 12.2. The van der Waals surface area contributed by atoms with E-state index < -0.39 is 22.9 Å². The smallest absolute Gasteiger partial charge is 0.352 e. The third kappa shape index (κ3) is 2.60. The van der Waals surface area contributed by atoms with Crippen molar-refractivity contribution in [3.8, 4) is 0 Å². The van der Waals surface area contributed by atoms with Crippen molar-refractivity contribution in [2.24, 2.45) is 5.73 Å². The van der Waals surface area contributed by atoms with Gasteiger partial charge in [0.25, 0.3) is 5.91 Å². The van der Waals surface area contributed by atoms with Crippen LogP contribution in [0.4, 0.5) is 0 Å². The normalized spacial score (nSPS) is 26.6. The van der Waals surface area contributed by atoms with Crippen LogP contribution in [-0.4, -0.2) is 61.0 Å². The number of thioether (sulfide) groups is 2. The van der Waals surface area contributed by atoms with Crippen LogP contribution < -0.4 is 11.1 Å². The maximum atomic E-state index is 12.2. The van der Waals surface area contributed by atoms with Crippen LogP contribution in [0.5, 0.6) is 0 Å². The Bertz CT molecular complexity index is 694. The molecule has 0 spiro atoms. The Balaban J connectivity index is 1.84. The van der Waals surface area contributed by atoms with Gasteiger partial charge in [-0.3, -0.25) is 20.2 Å². The Hall–Kier alpha value is -1.63. The average molecular weight is 373 g/mol. The van der Waals surface area contributed by atoms with E-state index in [1.54, 1.807) is 5.51 Å². The highest BCUT2D eigenvalue weighted by molar-refractivity contribution is 8.01. The van der Waals surface area contributed by atoms with Gasteiger partial charge in [0.15, 0.2) is 4.34 Å². The molecule has 0 bridgehead atoms. The Morgan fingerprint density at radius 3 is 3.09 bits per heavy atom. The third-order valence-electron chi connectivity index (χ3n) is 3.40. The molecule has 3 rings (SSSR count). The van der Waals surface area contributed by atoms with Gasteiger partial charge in [0, 0.05) is 11.5 Å². The lowest BCUT2D eigenvalue weighted by atomic mass is 9.97. The van der Waals surface area contributed by atoms with Gasteiger partial charge in [0.2, 0.25) is 12.1 Å². The molecule has 1 aromatic heterocycles. The third-order valence-corrected chi connectivity index (χ3v) is 6.76. The molecule has 4 N–H and O–H groups in total. The number of rotatable bonds is 6. The number of nitrogens with one attached hydrogen (secondary N) is 1. The topological polar surface area (TPSA) is 139 Å². The molecular formula is C11H11N5O4S3. The van der Waals surface area contributed by atoms with Gasteiger partial charge in [-0.2, -0.15) is 0 Å². The highest BCUT2D eigenvalue weighted by Crippen LogP contribution is 2.44. The summed E-state index contributed by atoms with van der Waals surface area (Å²) >= 11 is 4.04. The fourth-order valence-corrected chi connectivity index (χ4v) is 5.37. The molecule has 0 aromatic carbocycles. The standard InChI is InChI=1S/C11H11N5O4S3/c12-11(13-3-17)8(20)16-6(7(18)19)5(1-21-9(11)16)2-22-10-15-14-4-23-10/h3-4,9H,1-2,12H2,(H,13,17)(H,18,19)/t9-,11-/m0/s1. The van der Waals surface area contributed by atoms with Crippen LogP contribution in [0.1, 0.15) is 0 Å². The molecule has 1 saturated heterocycles. The van der Waals surface area contributed by atoms with Gasteiger partial charge in [0.05, 0.1) is 0 Å². The molecule has 2 aliphatic rings. The summed E-state index contributed by atoms with van der Waals surface area (Å²) in [5.41, 5.74) is 6.46. The van der Waals surface area contributed by atoms with E-state index in [1.165, 1.54) is 34.9 Å². The summed E-state index contributed by atoms with van der Waals surface area (Å²) in [6.07, 6.45) is 0.348. The lowest BCUT2D eigenvalue weighted by Gasteiger charge is -2.54. The minimum absolute atomic E-state index is 0.0652. The number of aromatic nitrogens is 2. The van der Waals surface area contributed by atoms with Crippen molar-refractivity contribution < 1.29 is 19.5 Å². The number of carbonyl (C=O) groups is 3. The van der Waals surface area contributed by atoms with E-state index in [0.717, 1.165) is 9.24 Å². The molecule has 3 heterocycles. The first-order chi connectivity index (χ1) is 11.0. The number of β-lactam (4-membered cyclic amide) rings is 1. The van der Waals surface area contributed by atoms with E-state index in [0.29, 0.717) is 23.5 Å². The van der Waals surface area contributed by atoms with Crippen molar-refractivity contribution in [1.29, 1.82) is 0 Å². The van der Waals surface area contributed by atoms with Crippen LogP contribution in [0, 0.1) is 0 Å². The quantitative estimate of drug-likeness (QED) is 0.255. The van der Waals surface area contributed by atoms with Crippen molar-refractivity contribution in [3.63, 3.8) is 0 Å². The molecule has 2 atom stereocenters. The first-order valence-corrected chi connectivity index (χ1v) is 9.20. The van der Waals surface area contributed by atoms with E-state index >= 15 is 0 Å². The van der Waals surface area contributed by atoms with Crippen molar-refractivity contribution in [2.75, 3.05) is 11.5 Å². The van der Waals surface area contributed by atoms with Crippen LogP contribution in [0.25, 0.3) is 0 Å². The second kappa shape index (κ2) is 6.11. The molecule has 2 amide bonds. The SMILES string of the molecule is N[C@]1(NC=O)C(=O)N2C(C(=O)O)=C(CSc3nncs3)CS[C@H]21. The molecule has 0 aliphatic carbocycles. The van der Waals surface area contributed by atoms with Crippen molar-refractivity contribution >= 4 is 53.1 Å². The number of carbonyl (C=O) groups excluding carboxylic acids is 2. The lowest BCUT2D eigenvalue weighted by molar-refractivity contribution is -0.157. The molecule has 23 heavy (non-hydrogen) atoms. The van der Waals surface area contributed by atoms with Crippen molar-refractivity contribution in [3.05, 3.63) is 16.8 Å². The molecule has 1 aromatic rings. The molecule has 1 fully saturated rings. The van der Waals surface area contributed by atoms with Crippen LogP contribution in [0.2, 0.25) is 0 Å². The molecule has 12 heteroatoms. The minimum atomic E-state index is -1.55. The van der Waals surface area contributed by atoms with Crippen LogP contribution >= 0.6 is 34.9 Å². The molecule has 9 nitrogen and oxygen atoms in total. The predicted octanol–water partition coefficient (Wildman–Crippen LogP) is -0.715. The molecule has 122 valence electrons. The largest absolute Gasteiger partial charge is 0.477 e. The first-order valence-electron chi connectivity index (χ1n) is 6.28. The van der Waals surface area contributed by atoms with Crippen molar-refractivity contribution in [1.82, 2.24) is 20.4 Å². The van der Waals surface area contributed by atoms with Crippen LogP contribution in [-0.2, 0) is 14.4 Å². The maximum Gasteiger partial charge on any atom is 0.352 e. The first kappa shape index (κ1) is 16.2. The zero-order chi connectivity index (χ0) is 16.6. The zero-order valence-electron chi connectivity index (χ0n) is 11.5. The zero-order valence-corrected chi connectivity index (χ0v) is 13.9. The number of fused-ring (bicyclic) bond motifs is 1. The van der Waals surface area contributed by atoms with Crippen molar-refractivity contribution in [2.45, 2.75) is 15.4 Å². The summed E-state index contributed by atoms with van der Waals surface area (Å²) in [5.74, 6) is -1.03. The summed E-state index contributed by atoms with van der Waals surface area (Å²) in [6.45, 7) is 0. The second-order valence-electron chi connectivity index (χ2n) is 4.72. The summed E-state index contributed by atoms with van der Waals surface area (Å²) in [6, 6.07) is 0. The number of nitrogens with two attached hydrogens (primary N) is 1.